The molecule has 0 saturated carbocycles. The van der Waals surface area contributed by atoms with Crippen molar-refractivity contribution in [3.8, 4) is 0 Å². The lowest BCUT2D eigenvalue weighted by atomic mass is 10.1. The molecule has 2 heterocycles. The molecule has 1 aromatic heterocycles. The third-order valence-electron chi connectivity index (χ3n) is 7.35. The molecule has 1 aliphatic heterocycles. The molecule has 6 rings (SSSR count). The quantitative estimate of drug-likeness (QED) is 0.483. The van der Waals surface area contributed by atoms with E-state index < -0.39 is 0 Å². The van der Waals surface area contributed by atoms with Crippen LogP contribution in [0.25, 0.3) is 10.9 Å². The van der Waals surface area contributed by atoms with Crippen LogP contribution in [0.4, 0.5) is 17.1 Å². The minimum atomic E-state index is 0.0685. The van der Waals surface area contributed by atoms with Crippen LogP contribution < -0.4 is 15.8 Å². The second kappa shape index (κ2) is 8.65. The molecule has 0 unspecified atom stereocenters. The Balaban J connectivity index is 1.27. The van der Waals surface area contributed by atoms with Gasteiger partial charge in [0.05, 0.1) is 5.52 Å². The summed E-state index contributed by atoms with van der Waals surface area (Å²) in [7, 11) is 2.18. The van der Waals surface area contributed by atoms with Crippen molar-refractivity contribution in [2.45, 2.75) is 18.9 Å². The van der Waals surface area contributed by atoms with Gasteiger partial charge >= 0.3 is 0 Å². The molecule has 34 heavy (non-hydrogen) atoms. The Labute approximate surface area is 200 Å². The van der Waals surface area contributed by atoms with E-state index in [9.17, 15) is 4.79 Å². The van der Waals surface area contributed by atoms with Crippen molar-refractivity contribution in [3.63, 3.8) is 0 Å². The van der Waals surface area contributed by atoms with E-state index in [2.05, 4.69) is 88.9 Å². The summed E-state index contributed by atoms with van der Waals surface area (Å²) in [6.45, 7) is 4.34. The summed E-state index contributed by atoms with van der Waals surface area (Å²) >= 11 is 0. The average molecular weight is 451 g/mol. The van der Waals surface area contributed by atoms with Crippen LogP contribution in [-0.4, -0.2) is 42.7 Å². The maximum absolute atomic E-state index is 13.0. The molecule has 1 fully saturated rings. The third kappa shape index (κ3) is 3.97. The Morgan fingerprint density at radius 3 is 2.12 bits per heavy atom. The van der Waals surface area contributed by atoms with Crippen molar-refractivity contribution in [2.75, 3.05) is 43.4 Å². The molecular weight excluding hydrogens is 420 g/mol. The van der Waals surface area contributed by atoms with Crippen molar-refractivity contribution in [3.05, 3.63) is 100 Å². The second-order valence-corrected chi connectivity index (χ2v) is 9.61. The number of piperazine rings is 1. The maximum atomic E-state index is 13.0. The number of likely N-dealkylation sites (N-methyl/N-ethyl adjacent to an activating group) is 1. The SMILES string of the molecule is CN1CCN(c2ccc(Nc3ccc4ccc(=O)n(C5Cc6ccccc6C5)c4c3)cc2)CC1. The van der Waals surface area contributed by atoms with Gasteiger partial charge in [-0.05, 0) is 78.9 Å². The van der Waals surface area contributed by atoms with Crippen LogP contribution >= 0.6 is 0 Å². The molecule has 0 radical (unpaired) electrons. The number of pyridine rings is 1. The fourth-order valence-electron chi connectivity index (χ4n) is 5.41. The van der Waals surface area contributed by atoms with E-state index in [1.54, 1.807) is 6.07 Å². The van der Waals surface area contributed by atoms with Crippen molar-refractivity contribution in [1.82, 2.24) is 9.47 Å². The van der Waals surface area contributed by atoms with E-state index in [1.165, 1.54) is 16.8 Å². The van der Waals surface area contributed by atoms with E-state index in [4.69, 9.17) is 0 Å². The highest BCUT2D eigenvalue weighted by Crippen LogP contribution is 2.32. The summed E-state index contributed by atoms with van der Waals surface area (Å²) in [5.41, 5.74) is 7.08. The predicted molar refractivity (Wildman–Crippen MR) is 141 cm³/mol. The topological polar surface area (TPSA) is 40.5 Å². The van der Waals surface area contributed by atoms with Crippen LogP contribution in [0.15, 0.2) is 83.7 Å². The number of nitrogens with zero attached hydrogens (tertiary/aromatic N) is 3. The lowest BCUT2D eigenvalue weighted by Gasteiger charge is -2.34. The van der Waals surface area contributed by atoms with Crippen LogP contribution in [-0.2, 0) is 12.8 Å². The van der Waals surface area contributed by atoms with Crippen molar-refractivity contribution >= 4 is 28.0 Å². The monoisotopic (exact) mass is 450 g/mol. The number of aromatic nitrogens is 1. The van der Waals surface area contributed by atoms with Crippen LogP contribution in [0.3, 0.4) is 0 Å². The lowest BCUT2D eigenvalue weighted by Crippen LogP contribution is -2.44. The van der Waals surface area contributed by atoms with Crippen LogP contribution in [0.5, 0.6) is 0 Å². The van der Waals surface area contributed by atoms with Crippen LogP contribution in [0.1, 0.15) is 17.2 Å². The zero-order valence-electron chi connectivity index (χ0n) is 19.6. The number of hydrogen-bond donors (Lipinski definition) is 1. The lowest BCUT2D eigenvalue weighted by molar-refractivity contribution is 0.313. The van der Waals surface area contributed by atoms with Crippen molar-refractivity contribution in [2.24, 2.45) is 0 Å². The Hall–Kier alpha value is -3.57. The first-order valence-electron chi connectivity index (χ1n) is 12.2. The smallest absolute Gasteiger partial charge is 0.251 e. The number of nitrogens with one attached hydrogen (secondary N) is 1. The van der Waals surface area contributed by atoms with Gasteiger partial charge in [0.15, 0.2) is 0 Å². The zero-order chi connectivity index (χ0) is 23.1. The van der Waals surface area contributed by atoms with Crippen molar-refractivity contribution < 1.29 is 0 Å². The summed E-state index contributed by atoms with van der Waals surface area (Å²) in [4.78, 5) is 17.8. The molecule has 5 nitrogen and oxygen atoms in total. The van der Waals surface area contributed by atoms with E-state index in [0.29, 0.717) is 0 Å². The number of benzene rings is 3. The van der Waals surface area contributed by atoms with E-state index >= 15 is 0 Å². The summed E-state index contributed by atoms with van der Waals surface area (Å²) in [5, 5.41) is 4.63. The molecule has 0 bridgehead atoms. The average Bonchev–Trinajstić information content (AvgIpc) is 3.28. The Bertz CT molecular complexity index is 1360. The number of anilines is 3. The molecule has 0 atom stereocenters. The van der Waals surface area contributed by atoms with E-state index in [1.807, 2.05) is 10.6 Å². The maximum Gasteiger partial charge on any atom is 0.251 e. The molecule has 0 spiro atoms. The molecular formula is C29H30N4O. The fraction of sp³-hybridized carbons (Fsp3) is 0.276. The number of rotatable bonds is 4. The molecule has 1 saturated heterocycles. The van der Waals surface area contributed by atoms with Gasteiger partial charge in [0.2, 0.25) is 0 Å². The minimum absolute atomic E-state index is 0.0685. The summed E-state index contributed by atoms with van der Waals surface area (Å²) < 4.78 is 2.00. The first-order chi connectivity index (χ1) is 16.6. The standard InChI is InChI=1S/C29H30N4O/c1-31-14-16-32(17-15-31)26-11-9-24(10-12-26)30-25-8-6-21-7-13-29(34)33(28(21)20-25)27-18-22-4-2-3-5-23(22)19-27/h2-13,20,27,30H,14-19H2,1H3. The Morgan fingerprint density at radius 1 is 0.765 bits per heavy atom. The van der Waals surface area contributed by atoms with Gasteiger partial charge in [-0.3, -0.25) is 4.79 Å². The normalized spacial score (nSPS) is 16.7. The van der Waals surface area contributed by atoms with Gasteiger partial charge in [-0.1, -0.05) is 30.3 Å². The fourth-order valence-corrected chi connectivity index (χ4v) is 5.41. The minimum Gasteiger partial charge on any atom is -0.369 e. The summed E-state index contributed by atoms with van der Waals surface area (Å²) in [5.74, 6) is 0. The third-order valence-corrected chi connectivity index (χ3v) is 7.35. The van der Waals surface area contributed by atoms with Gasteiger partial charge in [-0.15, -0.1) is 0 Å². The van der Waals surface area contributed by atoms with Gasteiger partial charge in [0.25, 0.3) is 5.56 Å². The predicted octanol–water partition coefficient (Wildman–Crippen LogP) is 4.84. The molecule has 172 valence electrons. The highest BCUT2D eigenvalue weighted by Gasteiger charge is 2.24. The molecule has 2 aliphatic rings. The molecule has 3 aromatic carbocycles. The van der Waals surface area contributed by atoms with Gasteiger partial charge in [-0.2, -0.15) is 0 Å². The number of fused-ring (bicyclic) bond motifs is 2. The van der Waals surface area contributed by atoms with Gasteiger partial charge < -0.3 is 19.7 Å². The Morgan fingerprint density at radius 2 is 1.41 bits per heavy atom. The molecule has 1 aliphatic carbocycles. The van der Waals surface area contributed by atoms with Gasteiger partial charge in [0, 0.05) is 55.3 Å². The van der Waals surface area contributed by atoms with Gasteiger partial charge in [0.1, 0.15) is 0 Å². The summed E-state index contributed by atoms with van der Waals surface area (Å²) in [6, 6.07) is 27.3. The second-order valence-electron chi connectivity index (χ2n) is 9.61. The molecule has 4 aromatic rings. The van der Waals surface area contributed by atoms with E-state index in [0.717, 1.165) is 61.3 Å². The first kappa shape index (κ1) is 21.0. The molecule has 5 heteroatoms. The summed E-state index contributed by atoms with van der Waals surface area (Å²) in [6.07, 6.45) is 1.81. The first-order valence-corrected chi connectivity index (χ1v) is 12.2. The molecule has 1 N–H and O–H groups in total. The van der Waals surface area contributed by atoms with Gasteiger partial charge in [-0.25, -0.2) is 0 Å². The Kier molecular flexibility index (Phi) is 5.34. The highest BCUT2D eigenvalue weighted by atomic mass is 16.1. The zero-order valence-corrected chi connectivity index (χ0v) is 19.6. The highest BCUT2D eigenvalue weighted by molar-refractivity contribution is 5.84. The van der Waals surface area contributed by atoms with E-state index in [-0.39, 0.29) is 11.6 Å². The van der Waals surface area contributed by atoms with Crippen LogP contribution in [0, 0.1) is 0 Å². The van der Waals surface area contributed by atoms with Crippen molar-refractivity contribution in [1.29, 1.82) is 0 Å². The van der Waals surface area contributed by atoms with Crippen LogP contribution in [0.2, 0.25) is 0 Å². The molecule has 0 amide bonds. The number of hydrogen-bond acceptors (Lipinski definition) is 4. The largest absolute Gasteiger partial charge is 0.369 e.